The molecule has 2 aromatic rings. The summed E-state index contributed by atoms with van der Waals surface area (Å²) in [5.41, 5.74) is 6.52. The van der Waals surface area contributed by atoms with Crippen LogP contribution < -0.4 is 10.5 Å². The lowest BCUT2D eigenvalue weighted by Crippen LogP contribution is -2.28. The van der Waals surface area contributed by atoms with Gasteiger partial charge in [-0.15, -0.1) is 0 Å². The van der Waals surface area contributed by atoms with Gasteiger partial charge in [-0.3, -0.25) is 0 Å². The van der Waals surface area contributed by atoms with Crippen molar-refractivity contribution in [2.75, 3.05) is 7.11 Å². The first-order chi connectivity index (χ1) is 9.10. The summed E-state index contributed by atoms with van der Waals surface area (Å²) in [6, 6.07) is 1.64. The van der Waals surface area contributed by atoms with E-state index in [2.05, 4.69) is 34.0 Å². The van der Waals surface area contributed by atoms with E-state index in [0.717, 1.165) is 0 Å². The number of methoxy groups -OCH3 is 1. The summed E-state index contributed by atoms with van der Waals surface area (Å²) in [5, 5.41) is 3.89. The molecule has 0 bridgehead atoms. The number of hydrogen-bond donors (Lipinski definition) is 1. The third-order valence-electron chi connectivity index (χ3n) is 2.81. The quantitative estimate of drug-likeness (QED) is 0.860. The molecule has 1 atom stereocenters. The SMILES string of the molecule is COc1cc(-c2noc(CC(N)C(C)C)n2)ncn1. The zero-order valence-electron chi connectivity index (χ0n) is 11.2. The molecule has 0 saturated heterocycles. The van der Waals surface area contributed by atoms with Crippen LogP contribution in [0.25, 0.3) is 11.5 Å². The highest BCUT2D eigenvalue weighted by molar-refractivity contribution is 5.49. The molecule has 0 aliphatic carbocycles. The van der Waals surface area contributed by atoms with Crippen molar-refractivity contribution in [2.45, 2.75) is 26.3 Å². The van der Waals surface area contributed by atoms with Gasteiger partial charge in [-0.25, -0.2) is 9.97 Å². The molecule has 0 aliphatic heterocycles. The maximum absolute atomic E-state index is 5.97. The van der Waals surface area contributed by atoms with Crippen molar-refractivity contribution in [1.29, 1.82) is 0 Å². The minimum Gasteiger partial charge on any atom is -0.481 e. The standard InChI is InChI=1S/C12H17N5O2/c1-7(2)8(13)4-11-16-12(17-19-11)9-5-10(18-3)15-6-14-9/h5-8H,4,13H2,1-3H3. The molecule has 7 heteroatoms. The van der Waals surface area contributed by atoms with E-state index in [0.29, 0.717) is 35.6 Å². The average Bonchev–Trinajstić information content (AvgIpc) is 2.87. The normalized spacial score (nSPS) is 12.7. The molecule has 0 radical (unpaired) electrons. The van der Waals surface area contributed by atoms with E-state index in [1.807, 2.05) is 0 Å². The summed E-state index contributed by atoms with van der Waals surface area (Å²) in [4.78, 5) is 12.3. The Morgan fingerprint density at radius 2 is 2.16 bits per heavy atom. The fourth-order valence-corrected chi connectivity index (χ4v) is 1.45. The average molecular weight is 263 g/mol. The Morgan fingerprint density at radius 1 is 1.37 bits per heavy atom. The van der Waals surface area contributed by atoms with Crippen LogP contribution in [0.3, 0.4) is 0 Å². The summed E-state index contributed by atoms with van der Waals surface area (Å²) in [5.74, 6) is 1.73. The van der Waals surface area contributed by atoms with Crippen LogP contribution in [0.5, 0.6) is 5.88 Å². The van der Waals surface area contributed by atoms with Crippen molar-refractivity contribution in [1.82, 2.24) is 20.1 Å². The van der Waals surface area contributed by atoms with Gasteiger partial charge in [0.05, 0.1) is 7.11 Å². The van der Waals surface area contributed by atoms with E-state index in [1.165, 1.54) is 13.4 Å². The molecule has 0 saturated carbocycles. The van der Waals surface area contributed by atoms with Crippen molar-refractivity contribution in [3.63, 3.8) is 0 Å². The second-order valence-electron chi connectivity index (χ2n) is 4.57. The van der Waals surface area contributed by atoms with Gasteiger partial charge >= 0.3 is 0 Å². The van der Waals surface area contributed by atoms with Crippen LogP contribution in [0.1, 0.15) is 19.7 Å². The second kappa shape index (κ2) is 5.75. The molecule has 1 unspecified atom stereocenters. The van der Waals surface area contributed by atoms with E-state index >= 15 is 0 Å². The maximum atomic E-state index is 5.97. The Bertz CT molecular complexity index is 540. The van der Waals surface area contributed by atoms with Gasteiger partial charge in [0.25, 0.3) is 0 Å². The van der Waals surface area contributed by atoms with Gasteiger partial charge in [0.1, 0.15) is 12.0 Å². The summed E-state index contributed by atoms with van der Waals surface area (Å²) >= 11 is 0. The van der Waals surface area contributed by atoms with Gasteiger partial charge in [0, 0.05) is 18.5 Å². The van der Waals surface area contributed by atoms with E-state index in [1.54, 1.807) is 6.07 Å². The van der Waals surface area contributed by atoms with E-state index < -0.39 is 0 Å². The summed E-state index contributed by atoms with van der Waals surface area (Å²) in [6.45, 7) is 4.11. The number of rotatable bonds is 5. The van der Waals surface area contributed by atoms with Crippen LogP contribution in [0.2, 0.25) is 0 Å². The smallest absolute Gasteiger partial charge is 0.228 e. The van der Waals surface area contributed by atoms with Gasteiger partial charge in [0.2, 0.25) is 17.6 Å². The highest BCUT2D eigenvalue weighted by Gasteiger charge is 2.15. The summed E-state index contributed by atoms with van der Waals surface area (Å²) < 4.78 is 10.2. The summed E-state index contributed by atoms with van der Waals surface area (Å²) in [7, 11) is 1.54. The molecule has 0 amide bonds. The molecule has 2 N–H and O–H groups in total. The highest BCUT2D eigenvalue weighted by atomic mass is 16.5. The Labute approximate surface area is 111 Å². The van der Waals surface area contributed by atoms with E-state index in [4.69, 9.17) is 15.0 Å². The van der Waals surface area contributed by atoms with Crippen LogP contribution in [0.4, 0.5) is 0 Å². The Hall–Kier alpha value is -2.02. The maximum Gasteiger partial charge on any atom is 0.228 e. The fraction of sp³-hybridized carbons (Fsp3) is 0.500. The first kappa shape index (κ1) is 13.4. The van der Waals surface area contributed by atoms with Gasteiger partial charge in [-0.2, -0.15) is 4.98 Å². The Kier molecular flexibility index (Phi) is 4.06. The molecule has 2 aromatic heterocycles. The number of nitrogens with two attached hydrogens (primary N) is 1. The second-order valence-corrected chi connectivity index (χ2v) is 4.57. The zero-order chi connectivity index (χ0) is 13.8. The fourth-order valence-electron chi connectivity index (χ4n) is 1.45. The predicted octanol–water partition coefficient (Wildman–Crippen LogP) is 1.06. The molecule has 2 rings (SSSR count). The first-order valence-electron chi connectivity index (χ1n) is 6.04. The Balaban J connectivity index is 2.16. The minimum absolute atomic E-state index is 0.00626. The number of ether oxygens (including phenoxy) is 1. The van der Waals surface area contributed by atoms with Crippen molar-refractivity contribution in [3.8, 4) is 17.4 Å². The lowest BCUT2D eigenvalue weighted by atomic mass is 10.0. The minimum atomic E-state index is -0.00626. The molecular weight excluding hydrogens is 246 g/mol. The van der Waals surface area contributed by atoms with Crippen LogP contribution in [-0.4, -0.2) is 33.3 Å². The zero-order valence-corrected chi connectivity index (χ0v) is 11.2. The van der Waals surface area contributed by atoms with Crippen molar-refractivity contribution < 1.29 is 9.26 Å². The molecule has 0 aliphatic rings. The van der Waals surface area contributed by atoms with Gasteiger partial charge in [-0.05, 0) is 5.92 Å². The Morgan fingerprint density at radius 3 is 2.84 bits per heavy atom. The molecule has 7 nitrogen and oxygen atoms in total. The lowest BCUT2D eigenvalue weighted by molar-refractivity contribution is 0.353. The monoisotopic (exact) mass is 263 g/mol. The van der Waals surface area contributed by atoms with Crippen molar-refractivity contribution in [2.24, 2.45) is 11.7 Å². The first-order valence-corrected chi connectivity index (χ1v) is 6.04. The largest absolute Gasteiger partial charge is 0.481 e. The van der Waals surface area contributed by atoms with Gasteiger partial charge in [-0.1, -0.05) is 19.0 Å². The van der Waals surface area contributed by atoms with Gasteiger partial charge in [0.15, 0.2) is 0 Å². The topological polar surface area (TPSA) is 100.0 Å². The molecule has 0 fully saturated rings. The van der Waals surface area contributed by atoms with Crippen molar-refractivity contribution >= 4 is 0 Å². The molecular formula is C12H17N5O2. The highest BCUT2D eigenvalue weighted by Crippen LogP contribution is 2.17. The molecule has 19 heavy (non-hydrogen) atoms. The molecule has 102 valence electrons. The van der Waals surface area contributed by atoms with Crippen LogP contribution in [0.15, 0.2) is 16.9 Å². The molecule has 0 spiro atoms. The van der Waals surface area contributed by atoms with E-state index in [-0.39, 0.29) is 6.04 Å². The lowest BCUT2D eigenvalue weighted by Gasteiger charge is -2.11. The summed E-state index contributed by atoms with van der Waals surface area (Å²) in [6.07, 6.45) is 1.94. The third-order valence-corrected chi connectivity index (χ3v) is 2.81. The van der Waals surface area contributed by atoms with Crippen LogP contribution >= 0.6 is 0 Å². The molecule has 0 aromatic carbocycles. The van der Waals surface area contributed by atoms with Gasteiger partial charge < -0.3 is 15.0 Å². The van der Waals surface area contributed by atoms with E-state index in [9.17, 15) is 0 Å². The number of nitrogens with zero attached hydrogens (tertiary/aromatic N) is 4. The molecule has 2 heterocycles. The van der Waals surface area contributed by atoms with Crippen LogP contribution in [-0.2, 0) is 6.42 Å². The third kappa shape index (κ3) is 3.25. The van der Waals surface area contributed by atoms with Crippen LogP contribution in [0, 0.1) is 5.92 Å². The predicted molar refractivity (Wildman–Crippen MR) is 68.4 cm³/mol. The number of hydrogen-bond acceptors (Lipinski definition) is 7. The number of aromatic nitrogens is 4. The van der Waals surface area contributed by atoms with Crippen molar-refractivity contribution in [3.05, 3.63) is 18.3 Å².